The summed E-state index contributed by atoms with van der Waals surface area (Å²) in [6.07, 6.45) is 0. The van der Waals surface area contributed by atoms with Gasteiger partial charge in [0.2, 0.25) is 0 Å². The van der Waals surface area contributed by atoms with E-state index in [-0.39, 0.29) is 67.5 Å². The molecule has 0 spiro atoms. The van der Waals surface area contributed by atoms with Crippen LogP contribution in [0.4, 0.5) is 0 Å². The average molecular weight is 713 g/mol. The quantitative estimate of drug-likeness (QED) is 0.111. The predicted octanol–water partition coefficient (Wildman–Crippen LogP) is 5.49. The molecule has 0 fully saturated rings. The molecule has 7 rings (SSSR count). The Morgan fingerprint density at radius 2 is 0.755 bits per heavy atom. The predicted molar refractivity (Wildman–Crippen MR) is 176 cm³/mol. The van der Waals surface area contributed by atoms with E-state index in [1.165, 1.54) is 103 Å². The van der Waals surface area contributed by atoms with Gasteiger partial charge in [-0.1, -0.05) is 0 Å². The fraction of sp³-hybridized carbons (Fsp3) is 0.0256. The molecule has 2 aliphatic rings. The van der Waals surface area contributed by atoms with Gasteiger partial charge in [-0.05, 0) is 116 Å². The summed E-state index contributed by atoms with van der Waals surface area (Å²) in [6.45, 7) is 1.64. The van der Waals surface area contributed by atoms with Crippen molar-refractivity contribution >= 4 is 47.8 Å². The van der Waals surface area contributed by atoms with Gasteiger partial charge in [0.15, 0.2) is 0 Å². The van der Waals surface area contributed by atoms with Crippen LogP contribution in [0.25, 0.3) is 0 Å². The summed E-state index contributed by atoms with van der Waals surface area (Å²) in [5.41, 5.74) is 0.819. The topological polar surface area (TPSA) is 192 Å². The van der Waals surface area contributed by atoms with Gasteiger partial charge < -0.3 is 28.4 Å². The number of carbonyl (C=O) groups is 8. The largest absolute Gasteiger partial charge is 0.423 e. The molecule has 5 aromatic rings. The Morgan fingerprint density at radius 1 is 0.396 bits per heavy atom. The fourth-order valence-corrected chi connectivity index (χ4v) is 5.20. The Kier molecular flexibility index (Phi) is 8.61. The maximum Gasteiger partial charge on any atom is 0.346 e. The van der Waals surface area contributed by atoms with Crippen molar-refractivity contribution in [3.05, 3.63) is 153 Å². The minimum absolute atomic E-state index is 0.0185. The second kappa shape index (κ2) is 13.5. The number of aryl methyl sites for hydroxylation is 1. The normalized spacial score (nSPS) is 12.6. The van der Waals surface area contributed by atoms with Crippen LogP contribution in [0.5, 0.6) is 23.0 Å². The standard InChI is InChI=1S/C39H20O14/c1-19-16-26(50-32(40)20-2-8-24(9-3-20)48-34(42)22-6-13-27-29(17-22)38(46)52-36(27)44)12-15-31(19)51-33(41)21-4-10-25(11-5-21)49-35(43)23-7-14-28-30(18-23)39(47)53-37(28)45/h2-18H,1H3. The number of benzene rings is 5. The lowest BCUT2D eigenvalue weighted by molar-refractivity contribution is 0.0425. The van der Waals surface area contributed by atoms with Crippen LogP contribution in [0.15, 0.2) is 103 Å². The van der Waals surface area contributed by atoms with E-state index in [1.807, 2.05) is 0 Å². The van der Waals surface area contributed by atoms with E-state index in [4.69, 9.17) is 18.9 Å². The molecule has 0 aromatic heterocycles. The zero-order valence-corrected chi connectivity index (χ0v) is 27.0. The van der Waals surface area contributed by atoms with Gasteiger partial charge in [0.25, 0.3) is 0 Å². The average Bonchev–Trinajstić information content (AvgIpc) is 3.60. The fourth-order valence-electron chi connectivity index (χ4n) is 5.20. The number of ether oxygens (including phenoxy) is 6. The van der Waals surface area contributed by atoms with Gasteiger partial charge in [-0.15, -0.1) is 0 Å². The van der Waals surface area contributed by atoms with Gasteiger partial charge in [0, 0.05) is 0 Å². The lowest BCUT2D eigenvalue weighted by Gasteiger charge is -2.11. The van der Waals surface area contributed by atoms with Gasteiger partial charge >= 0.3 is 47.8 Å². The lowest BCUT2D eigenvalue weighted by Crippen LogP contribution is -2.12. The summed E-state index contributed by atoms with van der Waals surface area (Å²) in [5, 5.41) is 0. The Balaban J connectivity index is 0.921. The highest BCUT2D eigenvalue weighted by atomic mass is 16.6. The van der Waals surface area contributed by atoms with Gasteiger partial charge in [-0.3, -0.25) is 0 Å². The van der Waals surface area contributed by atoms with Gasteiger partial charge in [-0.25, -0.2) is 38.4 Å². The third kappa shape index (κ3) is 6.87. The first-order chi connectivity index (χ1) is 25.4. The SMILES string of the molecule is Cc1cc(OC(=O)c2ccc(OC(=O)c3ccc4c(c3)C(=O)OC4=O)cc2)ccc1OC(=O)c1ccc(OC(=O)c2ccc3c(c2)C(=O)OC3=O)cc1. The summed E-state index contributed by atoms with van der Waals surface area (Å²) < 4.78 is 30.6. The summed E-state index contributed by atoms with van der Waals surface area (Å²) in [4.78, 5) is 97.6. The Bertz CT molecular complexity index is 2440. The van der Waals surface area contributed by atoms with Crippen LogP contribution in [0.1, 0.15) is 88.4 Å². The zero-order valence-electron chi connectivity index (χ0n) is 27.0. The molecule has 0 N–H and O–H groups in total. The van der Waals surface area contributed by atoms with Crippen LogP contribution >= 0.6 is 0 Å². The highest BCUT2D eigenvalue weighted by Crippen LogP contribution is 2.27. The molecule has 2 heterocycles. The molecule has 260 valence electrons. The number of esters is 8. The van der Waals surface area contributed by atoms with E-state index in [9.17, 15) is 38.4 Å². The van der Waals surface area contributed by atoms with Crippen molar-refractivity contribution < 1.29 is 66.8 Å². The second-order valence-electron chi connectivity index (χ2n) is 11.4. The highest BCUT2D eigenvalue weighted by molar-refractivity contribution is 6.16. The van der Waals surface area contributed by atoms with E-state index in [0.29, 0.717) is 5.56 Å². The van der Waals surface area contributed by atoms with Crippen molar-refractivity contribution in [1.29, 1.82) is 0 Å². The van der Waals surface area contributed by atoms with Crippen LogP contribution in [0.2, 0.25) is 0 Å². The Morgan fingerprint density at radius 3 is 1.21 bits per heavy atom. The van der Waals surface area contributed by atoms with Crippen molar-refractivity contribution in [2.24, 2.45) is 0 Å². The van der Waals surface area contributed by atoms with Crippen LogP contribution in [-0.4, -0.2) is 47.8 Å². The van der Waals surface area contributed by atoms with Crippen LogP contribution in [0, 0.1) is 6.92 Å². The molecule has 0 aliphatic carbocycles. The van der Waals surface area contributed by atoms with E-state index in [0.717, 1.165) is 0 Å². The monoisotopic (exact) mass is 712 g/mol. The van der Waals surface area contributed by atoms with Crippen molar-refractivity contribution in [2.45, 2.75) is 6.92 Å². The van der Waals surface area contributed by atoms with E-state index >= 15 is 0 Å². The molecule has 14 heteroatoms. The molecular weight excluding hydrogens is 692 g/mol. The zero-order chi connectivity index (χ0) is 37.4. The van der Waals surface area contributed by atoms with Crippen molar-refractivity contribution in [3.8, 4) is 23.0 Å². The van der Waals surface area contributed by atoms with E-state index in [1.54, 1.807) is 6.92 Å². The maximum absolute atomic E-state index is 12.8. The second-order valence-corrected chi connectivity index (χ2v) is 11.4. The van der Waals surface area contributed by atoms with Crippen LogP contribution < -0.4 is 18.9 Å². The minimum atomic E-state index is -0.855. The Labute approximate surface area is 297 Å². The van der Waals surface area contributed by atoms with E-state index < -0.39 is 47.8 Å². The molecule has 0 unspecified atom stereocenters. The van der Waals surface area contributed by atoms with Crippen LogP contribution in [0.3, 0.4) is 0 Å². The minimum Gasteiger partial charge on any atom is -0.423 e. The van der Waals surface area contributed by atoms with E-state index in [2.05, 4.69) is 9.47 Å². The van der Waals surface area contributed by atoms with Crippen molar-refractivity contribution in [2.75, 3.05) is 0 Å². The third-order valence-electron chi connectivity index (χ3n) is 7.92. The van der Waals surface area contributed by atoms with Crippen molar-refractivity contribution in [1.82, 2.24) is 0 Å². The van der Waals surface area contributed by atoms with Gasteiger partial charge in [-0.2, -0.15) is 0 Å². The molecule has 53 heavy (non-hydrogen) atoms. The first-order valence-electron chi connectivity index (χ1n) is 15.4. The summed E-state index contributed by atoms with van der Waals surface area (Å²) in [6, 6.07) is 23.1. The first kappa shape index (κ1) is 33.7. The molecule has 0 bridgehead atoms. The lowest BCUT2D eigenvalue weighted by atomic mass is 10.1. The number of rotatable bonds is 8. The smallest absolute Gasteiger partial charge is 0.346 e. The number of hydrogen-bond acceptors (Lipinski definition) is 14. The molecule has 0 saturated carbocycles. The molecule has 5 aromatic carbocycles. The number of hydrogen-bond donors (Lipinski definition) is 0. The molecule has 2 aliphatic heterocycles. The highest BCUT2D eigenvalue weighted by Gasteiger charge is 2.32. The third-order valence-corrected chi connectivity index (χ3v) is 7.92. The summed E-state index contributed by atoms with van der Waals surface area (Å²) in [5.74, 6) is -5.77. The molecular formula is C39H20O14. The van der Waals surface area contributed by atoms with Crippen LogP contribution in [-0.2, 0) is 9.47 Å². The molecule has 0 atom stereocenters. The molecule has 0 radical (unpaired) electrons. The molecule has 14 nitrogen and oxygen atoms in total. The van der Waals surface area contributed by atoms with Gasteiger partial charge in [0.1, 0.15) is 23.0 Å². The Hall–Kier alpha value is -7.74. The number of fused-ring (bicyclic) bond motifs is 2. The summed E-state index contributed by atoms with van der Waals surface area (Å²) in [7, 11) is 0. The first-order valence-corrected chi connectivity index (χ1v) is 15.4. The summed E-state index contributed by atoms with van der Waals surface area (Å²) >= 11 is 0. The van der Waals surface area contributed by atoms with Crippen molar-refractivity contribution in [3.63, 3.8) is 0 Å². The maximum atomic E-state index is 12.8. The van der Waals surface area contributed by atoms with Gasteiger partial charge in [0.05, 0.1) is 44.5 Å². The number of cyclic esters (lactones) is 4. The number of carbonyl (C=O) groups excluding carboxylic acids is 8. The molecule has 0 saturated heterocycles. The molecule has 0 amide bonds.